The maximum atomic E-state index is 12.5. The highest BCUT2D eigenvalue weighted by Crippen LogP contribution is 2.26. The average molecular weight is 275 g/mol. The molecule has 0 heterocycles. The van der Waals surface area contributed by atoms with Crippen molar-refractivity contribution in [1.82, 2.24) is 0 Å². The van der Waals surface area contributed by atoms with Crippen LogP contribution in [0, 0.1) is 13.8 Å². The molecular weight excluding hydrogens is 260 g/mol. The molecule has 0 aromatic heterocycles. The molecule has 0 spiro atoms. The predicted molar refractivity (Wildman–Crippen MR) is 77.4 cm³/mol. The van der Waals surface area contributed by atoms with Gasteiger partial charge in [-0.1, -0.05) is 29.8 Å². The first-order valence-corrected chi connectivity index (χ1v) is 6.37. The molecule has 0 aliphatic heterocycles. The highest BCUT2D eigenvalue weighted by Gasteiger charge is 2.16. The van der Waals surface area contributed by atoms with E-state index in [4.69, 9.17) is 16.3 Å². The molecule has 2 nitrogen and oxygen atoms in total. The van der Waals surface area contributed by atoms with E-state index >= 15 is 0 Å². The lowest BCUT2D eigenvalue weighted by Crippen LogP contribution is -2.05. The molecule has 0 amide bonds. The zero-order valence-corrected chi connectivity index (χ0v) is 11.9. The van der Waals surface area contributed by atoms with E-state index in [-0.39, 0.29) is 5.78 Å². The standard InChI is InChI=1S/C16H15ClO2/c1-10-5-4-6-13(11(10)2)16(18)14-8-7-12(19-3)9-15(14)17/h4-9H,1-3H3. The van der Waals surface area contributed by atoms with Crippen LogP contribution in [0.4, 0.5) is 0 Å². The van der Waals surface area contributed by atoms with Crippen LogP contribution in [0.1, 0.15) is 27.0 Å². The third-order valence-corrected chi connectivity index (χ3v) is 3.58. The predicted octanol–water partition coefficient (Wildman–Crippen LogP) is 4.20. The van der Waals surface area contributed by atoms with Gasteiger partial charge in [0.2, 0.25) is 0 Å². The number of rotatable bonds is 3. The molecule has 0 bridgehead atoms. The van der Waals surface area contributed by atoms with Crippen molar-refractivity contribution >= 4 is 17.4 Å². The van der Waals surface area contributed by atoms with Crippen molar-refractivity contribution in [2.24, 2.45) is 0 Å². The molecule has 3 heteroatoms. The van der Waals surface area contributed by atoms with Crippen molar-refractivity contribution in [3.63, 3.8) is 0 Å². The third kappa shape index (κ3) is 2.64. The minimum absolute atomic E-state index is 0.0612. The van der Waals surface area contributed by atoms with Gasteiger partial charge < -0.3 is 4.74 Å². The molecule has 98 valence electrons. The number of hydrogen-bond donors (Lipinski definition) is 0. The SMILES string of the molecule is COc1ccc(C(=O)c2cccc(C)c2C)c(Cl)c1. The van der Waals surface area contributed by atoms with Gasteiger partial charge in [0.1, 0.15) is 5.75 Å². The number of aryl methyl sites for hydroxylation is 1. The Balaban J connectivity index is 2.47. The minimum atomic E-state index is -0.0612. The van der Waals surface area contributed by atoms with E-state index in [1.165, 1.54) is 0 Å². The highest BCUT2D eigenvalue weighted by molar-refractivity contribution is 6.35. The van der Waals surface area contributed by atoms with Crippen molar-refractivity contribution in [3.05, 3.63) is 63.7 Å². The van der Waals surface area contributed by atoms with Crippen molar-refractivity contribution in [2.75, 3.05) is 7.11 Å². The Hall–Kier alpha value is -1.80. The molecule has 0 aliphatic carbocycles. The average Bonchev–Trinajstić information content (AvgIpc) is 2.41. The number of benzene rings is 2. The Morgan fingerprint density at radius 2 is 1.84 bits per heavy atom. The van der Waals surface area contributed by atoms with Crippen LogP contribution in [0.3, 0.4) is 0 Å². The summed E-state index contributed by atoms with van der Waals surface area (Å²) in [5, 5.41) is 0.408. The van der Waals surface area contributed by atoms with E-state index < -0.39 is 0 Å². The van der Waals surface area contributed by atoms with Gasteiger partial charge in [0.05, 0.1) is 12.1 Å². The van der Waals surface area contributed by atoms with E-state index in [1.54, 1.807) is 25.3 Å². The van der Waals surface area contributed by atoms with Gasteiger partial charge in [-0.3, -0.25) is 4.79 Å². The highest BCUT2D eigenvalue weighted by atomic mass is 35.5. The normalized spacial score (nSPS) is 10.3. The first kappa shape index (κ1) is 13.6. The van der Waals surface area contributed by atoms with Gasteiger partial charge in [-0.25, -0.2) is 0 Å². The van der Waals surface area contributed by atoms with Crippen LogP contribution in [0.2, 0.25) is 5.02 Å². The van der Waals surface area contributed by atoms with Crippen LogP contribution >= 0.6 is 11.6 Å². The first-order chi connectivity index (χ1) is 9.04. The summed E-state index contributed by atoms with van der Waals surface area (Å²) in [5.41, 5.74) is 3.26. The topological polar surface area (TPSA) is 26.3 Å². The summed E-state index contributed by atoms with van der Waals surface area (Å²) in [5.74, 6) is 0.580. The second-order valence-electron chi connectivity index (χ2n) is 4.42. The summed E-state index contributed by atoms with van der Waals surface area (Å²) in [6.45, 7) is 3.93. The lowest BCUT2D eigenvalue weighted by molar-refractivity contribution is 0.103. The molecule has 2 aromatic carbocycles. The fraction of sp³-hybridized carbons (Fsp3) is 0.188. The number of ketones is 1. The van der Waals surface area contributed by atoms with Crippen molar-refractivity contribution in [3.8, 4) is 5.75 Å². The van der Waals surface area contributed by atoms with Crippen LogP contribution < -0.4 is 4.74 Å². The molecule has 0 atom stereocenters. The second-order valence-corrected chi connectivity index (χ2v) is 4.83. The van der Waals surface area contributed by atoms with Crippen molar-refractivity contribution < 1.29 is 9.53 Å². The van der Waals surface area contributed by atoms with E-state index in [9.17, 15) is 4.79 Å². The molecule has 2 rings (SSSR count). The number of ether oxygens (including phenoxy) is 1. The Labute approximate surface area is 118 Å². The van der Waals surface area contributed by atoms with Crippen LogP contribution in [0.25, 0.3) is 0 Å². The van der Waals surface area contributed by atoms with Crippen LogP contribution in [-0.2, 0) is 0 Å². The molecule has 0 fully saturated rings. The van der Waals surface area contributed by atoms with E-state index in [0.29, 0.717) is 21.9 Å². The Kier molecular flexibility index (Phi) is 3.91. The zero-order valence-electron chi connectivity index (χ0n) is 11.2. The smallest absolute Gasteiger partial charge is 0.194 e. The van der Waals surface area contributed by atoms with Gasteiger partial charge >= 0.3 is 0 Å². The summed E-state index contributed by atoms with van der Waals surface area (Å²) in [4.78, 5) is 12.5. The number of carbonyl (C=O) groups is 1. The fourth-order valence-electron chi connectivity index (χ4n) is 1.95. The molecule has 0 unspecified atom stereocenters. The van der Waals surface area contributed by atoms with Crippen LogP contribution in [-0.4, -0.2) is 12.9 Å². The molecule has 0 aliphatic rings. The second kappa shape index (κ2) is 5.45. The third-order valence-electron chi connectivity index (χ3n) is 3.27. The number of hydrogen-bond acceptors (Lipinski definition) is 2. The monoisotopic (exact) mass is 274 g/mol. The van der Waals surface area contributed by atoms with Gasteiger partial charge in [-0.15, -0.1) is 0 Å². The Morgan fingerprint density at radius 3 is 2.47 bits per heavy atom. The zero-order chi connectivity index (χ0) is 14.0. The largest absolute Gasteiger partial charge is 0.497 e. The molecule has 19 heavy (non-hydrogen) atoms. The summed E-state index contributed by atoms with van der Waals surface area (Å²) in [6.07, 6.45) is 0. The van der Waals surface area contributed by atoms with Gasteiger partial charge in [-0.2, -0.15) is 0 Å². The van der Waals surface area contributed by atoms with Crippen LogP contribution in [0.15, 0.2) is 36.4 Å². The molecule has 0 saturated carbocycles. The molecule has 0 radical (unpaired) electrons. The fourth-order valence-corrected chi connectivity index (χ4v) is 2.21. The lowest BCUT2D eigenvalue weighted by Gasteiger charge is -2.09. The molecular formula is C16H15ClO2. The van der Waals surface area contributed by atoms with Crippen molar-refractivity contribution in [1.29, 1.82) is 0 Å². The maximum absolute atomic E-state index is 12.5. The number of carbonyl (C=O) groups excluding carboxylic acids is 1. The minimum Gasteiger partial charge on any atom is -0.497 e. The lowest BCUT2D eigenvalue weighted by atomic mass is 9.96. The van der Waals surface area contributed by atoms with E-state index in [2.05, 4.69) is 0 Å². The Morgan fingerprint density at radius 1 is 1.11 bits per heavy atom. The van der Waals surface area contributed by atoms with Gasteiger partial charge in [0.15, 0.2) is 5.78 Å². The summed E-state index contributed by atoms with van der Waals surface area (Å²) < 4.78 is 5.08. The number of methoxy groups -OCH3 is 1. The van der Waals surface area contributed by atoms with Gasteiger partial charge in [0, 0.05) is 11.1 Å². The summed E-state index contributed by atoms with van der Waals surface area (Å²) in [6, 6.07) is 10.8. The molecule has 0 N–H and O–H groups in total. The van der Waals surface area contributed by atoms with Gasteiger partial charge in [0.25, 0.3) is 0 Å². The quantitative estimate of drug-likeness (QED) is 0.784. The maximum Gasteiger partial charge on any atom is 0.194 e. The Bertz CT molecular complexity index is 633. The van der Waals surface area contributed by atoms with Crippen LogP contribution in [0.5, 0.6) is 5.75 Å². The summed E-state index contributed by atoms with van der Waals surface area (Å²) in [7, 11) is 1.57. The number of halogens is 1. The van der Waals surface area contributed by atoms with E-state index in [1.807, 2.05) is 32.0 Å². The molecule has 0 saturated heterocycles. The van der Waals surface area contributed by atoms with E-state index in [0.717, 1.165) is 11.1 Å². The first-order valence-electron chi connectivity index (χ1n) is 5.99. The van der Waals surface area contributed by atoms with Crippen molar-refractivity contribution in [2.45, 2.75) is 13.8 Å². The summed E-state index contributed by atoms with van der Waals surface area (Å²) >= 11 is 6.14. The van der Waals surface area contributed by atoms with Gasteiger partial charge in [-0.05, 0) is 43.2 Å². The molecule has 2 aromatic rings.